The molecule has 0 aliphatic heterocycles. The first-order chi connectivity index (χ1) is 12.6. The molecule has 1 aromatic heterocycles. The van der Waals surface area contributed by atoms with Crippen LogP contribution in [0, 0.1) is 0 Å². The van der Waals surface area contributed by atoms with Gasteiger partial charge in [0.1, 0.15) is 11.3 Å². The molecule has 3 aromatic rings. The van der Waals surface area contributed by atoms with E-state index in [0.717, 1.165) is 11.1 Å². The summed E-state index contributed by atoms with van der Waals surface area (Å²) in [5.74, 6) is -0.294. The van der Waals surface area contributed by atoms with Gasteiger partial charge in [-0.2, -0.15) is 5.10 Å². The van der Waals surface area contributed by atoms with Gasteiger partial charge in [-0.05, 0) is 36.8 Å². The SMILES string of the molecule is NC(=O)c1cccc2cn(-c3ccc(OCCCC(=O)NO)cc3)nc12. The van der Waals surface area contributed by atoms with Crippen molar-refractivity contribution in [2.75, 3.05) is 6.61 Å². The summed E-state index contributed by atoms with van der Waals surface area (Å²) in [5.41, 5.74) is 8.72. The highest BCUT2D eigenvalue weighted by Crippen LogP contribution is 2.21. The van der Waals surface area contributed by atoms with E-state index in [1.807, 2.05) is 24.4 Å². The molecule has 8 heteroatoms. The summed E-state index contributed by atoms with van der Waals surface area (Å²) < 4.78 is 7.22. The van der Waals surface area contributed by atoms with Crippen molar-refractivity contribution in [2.45, 2.75) is 12.8 Å². The van der Waals surface area contributed by atoms with E-state index in [0.29, 0.717) is 29.9 Å². The Morgan fingerprint density at radius 2 is 1.96 bits per heavy atom. The van der Waals surface area contributed by atoms with Crippen molar-refractivity contribution >= 4 is 22.7 Å². The number of ether oxygens (including phenoxy) is 1. The smallest absolute Gasteiger partial charge is 0.250 e. The van der Waals surface area contributed by atoms with Crippen molar-refractivity contribution in [3.05, 3.63) is 54.2 Å². The number of nitrogens with zero attached hydrogens (tertiary/aromatic N) is 2. The minimum atomic E-state index is -0.514. The first-order valence-corrected chi connectivity index (χ1v) is 8.03. The number of primary amides is 1. The number of aromatic nitrogens is 2. The molecule has 26 heavy (non-hydrogen) atoms. The van der Waals surface area contributed by atoms with Gasteiger partial charge >= 0.3 is 0 Å². The van der Waals surface area contributed by atoms with Crippen molar-refractivity contribution < 1.29 is 19.5 Å². The summed E-state index contributed by atoms with van der Waals surface area (Å²) in [4.78, 5) is 22.4. The van der Waals surface area contributed by atoms with Crippen LogP contribution in [0.5, 0.6) is 5.75 Å². The van der Waals surface area contributed by atoms with Crippen LogP contribution in [0.25, 0.3) is 16.6 Å². The van der Waals surface area contributed by atoms with Crippen molar-refractivity contribution in [1.82, 2.24) is 15.3 Å². The molecule has 0 fully saturated rings. The highest BCUT2D eigenvalue weighted by Gasteiger charge is 2.11. The normalized spacial score (nSPS) is 10.7. The van der Waals surface area contributed by atoms with Gasteiger partial charge < -0.3 is 10.5 Å². The van der Waals surface area contributed by atoms with Crippen LogP contribution in [0.3, 0.4) is 0 Å². The van der Waals surface area contributed by atoms with Crippen LogP contribution in [0.2, 0.25) is 0 Å². The van der Waals surface area contributed by atoms with Gasteiger partial charge in [0.25, 0.3) is 5.91 Å². The molecule has 3 rings (SSSR count). The Balaban J connectivity index is 1.70. The van der Waals surface area contributed by atoms with E-state index < -0.39 is 11.8 Å². The number of fused-ring (bicyclic) bond motifs is 1. The van der Waals surface area contributed by atoms with E-state index in [9.17, 15) is 9.59 Å². The zero-order valence-electron chi connectivity index (χ0n) is 13.9. The number of nitrogens with one attached hydrogen (secondary N) is 1. The Labute approximate surface area is 149 Å². The van der Waals surface area contributed by atoms with Crippen LogP contribution < -0.4 is 16.0 Å². The molecular weight excluding hydrogens is 336 g/mol. The second-order valence-corrected chi connectivity index (χ2v) is 5.66. The zero-order valence-corrected chi connectivity index (χ0v) is 13.9. The van der Waals surface area contributed by atoms with E-state index in [1.54, 1.807) is 34.4 Å². The van der Waals surface area contributed by atoms with Crippen LogP contribution in [-0.2, 0) is 4.79 Å². The summed E-state index contributed by atoms with van der Waals surface area (Å²) >= 11 is 0. The largest absolute Gasteiger partial charge is 0.494 e. The molecule has 0 aliphatic rings. The third kappa shape index (κ3) is 3.81. The lowest BCUT2D eigenvalue weighted by Crippen LogP contribution is -2.18. The molecule has 0 saturated heterocycles. The highest BCUT2D eigenvalue weighted by atomic mass is 16.5. The third-order valence-corrected chi connectivity index (χ3v) is 3.84. The van der Waals surface area contributed by atoms with Crippen LogP contribution in [0.1, 0.15) is 23.2 Å². The number of benzene rings is 2. The van der Waals surface area contributed by atoms with Gasteiger partial charge in [0.2, 0.25) is 5.91 Å². The van der Waals surface area contributed by atoms with Crippen LogP contribution in [0.15, 0.2) is 48.7 Å². The lowest BCUT2D eigenvalue weighted by molar-refractivity contribution is -0.129. The van der Waals surface area contributed by atoms with Crippen LogP contribution >= 0.6 is 0 Å². The number of carbonyl (C=O) groups excluding carboxylic acids is 2. The number of hydroxylamine groups is 1. The Morgan fingerprint density at radius 1 is 1.19 bits per heavy atom. The van der Waals surface area contributed by atoms with Gasteiger partial charge in [0, 0.05) is 18.0 Å². The van der Waals surface area contributed by atoms with Crippen LogP contribution in [0.4, 0.5) is 0 Å². The summed E-state index contributed by atoms with van der Waals surface area (Å²) in [7, 11) is 0. The van der Waals surface area contributed by atoms with Crippen molar-refractivity contribution in [2.24, 2.45) is 5.73 Å². The molecule has 0 aliphatic carbocycles. The third-order valence-electron chi connectivity index (χ3n) is 3.84. The van der Waals surface area contributed by atoms with E-state index in [4.69, 9.17) is 15.7 Å². The fourth-order valence-corrected chi connectivity index (χ4v) is 2.55. The molecule has 2 aromatic carbocycles. The Kier molecular flexibility index (Phi) is 5.14. The lowest BCUT2D eigenvalue weighted by Gasteiger charge is -2.07. The standard InChI is InChI=1S/C18H18N4O4/c19-18(24)15-4-1-3-12-11-22(20-17(12)15)13-6-8-14(9-7-13)26-10-2-5-16(23)21-25/h1,3-4,6-9,11,25H,2,5,10H2,(H2,19,24)(H,21,23). The predicted octanol–water partition coefficient (Wildman–Crippen LogP) is 1.79. The molecule has 1 heterocycles. The number of hydrogen-bond donors (Lipinski definition) is 3. The fourth-order valence-electron chi connectivity index (χ4n) is 2.55. The first kappa shape index (κ1) is 17.4. The van der Waals surface area contributed by atoms with Gasteiger partial charge in [0.05, 0.1) is 17.9 Å². The van der Waals surface area contributed by atoms with E-state index in [1.165, 1.54) is 0 Å². The molecule has 0 spiro atoms. The molecule has 2 amide bonds. The molecular formula is C18H18N4O4. The molecule has 4 N–H and O–H groups in total. The Hall–Kier alpha value is -3.39. The van der Waals surface area contributed by atoms with Gasteiger partial charge in [0.15, 0.2) is 0 Å². The monoisotopic (exact) mass is 354 g/mol. The predicted molar refractivity (Wildman–Crippen MR) is 94.2 cm³/mol. The molecule has 0 radical (unpaired) electrons. The molecule has 0 saturated carbocycles. The summed E-state index contributed by atoms with van der Waals surface area (Å²) in [6, 6.07) is 12.5. The van der Waals surface area contributed by atoms with E-state index >= 15 is 0 Å². The maximum atomic E-state index is 11.5. The quantitative estimate of drug-likeness (QED) is 0.339. The summed E-state index contributed by atoms with van der Waals surface area (Å²) in [5, 5.41) is 13.7. The minimum absolute atomic E-state index is 0.191. The fraction of sp³-hybridized carbons (Fsp3) is 0.167. The zero-order chi connectivity index (χ0) is 18.5. The second-order valence-electron chi connectivity index (χ2n) is 5.66. The van der Waals surface area contributed by atoms with E-state index in [2.05, 4.69) is 5.10 Å². The summed E-state index contributed by atoms with van der Waals surface area (Å²) in [6.07, 6.45) is 2.51. The van der Waals surface area contributed by atoms with Crippen molar-refractivity contribution in [1.29, 1.82) is 0 Å². The Morgan fingerprint density at radius 3 is 2.65 bits per heavy atom. The number of rotatable bonds is 7. The molecule has 0 bridgehead atoms. The van der Waals surface area contributed by atoms with Gasteiger partial charge in [-0.15, -0.1) is 0 Å². The molecule has 8 nitrogen and oxygen atoms in total. The second kappa shape index (κ2) is 7.66. The average molecular weight is 354 g/mol. The number of carbonyl (C=O) groups is 2. The van der Waals surface area contributed by atoms with Crippen molar-refractivity contribution in [3.8, 4) is 11.4 Å². The van der Waals surface area contributed by atoms with Crippen molar-refractivity contribution in [3.63, 3.8) is 0 Å². The number of amides is 2. The van der Waals surface area contributed by atoms with Gasteiger partial charge in [-0.3, -0.25) is 14.8 Å². The Bertz CT molecular complexity index is 934. The molecule has 134 valence electrons. The maximum Gasteiger partial charge on any atom is 0.250 e. The van der Waals surface area contributed by atoms with Crippen LogP contribution in [-0.4, -0.2) is 33.4 Å². The highest BCUT2D eigenvalue weighted by molar-refractivity contribution is 6.04. The maximum absolute atomic E-state index is 11.5. The average Bonchev–Trinajstić information content (AvgIpc) is 3.09. The molecule has 0 atom stereocenters. The van der Waals surface area contributed by atoms with Gasteiger partial charge in [-0.1, -0.05) is 12.1 Å². The van der Waals surface area contributed by atoms with Gasteiger partial charge in [-0.25, -0.2) is 10.2 Å². The minimum Gasteiger partial charge on any atom is -0.494 e. The number of nitrogens with two attached hydrogens (primary N) is 1. The topological polar surface area (TPSA) is 119 Å². The summed E-state index contributed by atoms with van der Waals surface area (Å²) in [6.45, 7) is 0.362. The number of hydrogen-bond acceptors (Lipinski definition) is 5. The first-order valence-electron chi connectivity index (χ1n) is 8.03. The molecule has 0 unspecified atom stereocenters. The van der Waals surface area contributed by atoms with E-state index in [-0.39, 0.29) is 6.42 Å². The lowest BCUT2D eigenvalue weighted by atomic mass is 10.1.